The van der Waals surface area contributed by atoms with Crippen LogP contribution in [0.1, 0.15) is 24.0 Å². The molecule has 1 aromatic heterocycles. The molecule has 0 saturated carbocycles. The minimum atomic E-state index is 0.262. The molecule has 0 N–H and O–H groups in total. The largest absolute Gasteiger partial charge is 0.373 e. The Morgan fingerprint density at radius 3 is 2.80 bits per heavy atom. The highest BCUT2D eigenvalue weighted by Gasteiger charge is 2.40. The van der Waals surface area contributed by atoms with Crippen LogP contribution in [0.25, 0.3) is 0 Å². The van der Waals surface area contributed by atoms with E-state index in [4.69, 9.17) is 4.74 Å². The second-order valence-corrected chi connectivity index (χ2v) is 6.96. The average Bonchev–Trinajstić information content (AvgIpc) is 3.07. The Labute approximate surface area is 149 Å². The first-order chi connectivity index (χ1) is 12.2. The molecule has 2 saturated heterocycles. The van der Waals surface area contributed by atoms with Crippen molar-refractivity contribution < 1.29 is 4.74 Å². The van der Waals surface area contributed by atoms with E-state index in [-0.39, 0.29) is 6.10 Å². The molecule has 0 spiro atoms. The lowest BCUT2D eigenvalue weighted by molar-refractivity contribution is -0.0499. The van der Waals surface area contributed by atoms with Crippen molar-refractivity contribution in [3.63, 3.8) is 0 Å². The molecule has 2 atom stereocenters. The van der Waals surface area contributed by atoms with Gasteiger partial charge in [0.15, 0.2) is 0 Å². The molecule has 2 fully saturated rings. The van der Waals surface area contributed by atoms with Gasteiger partial charge in [-0.1, -0.05) is 37.3 Å². The topological polar surface area (TPSA) is 41.5 Å². The van der Waals surface area contributed by atoms with Gasteiger partial charge >= 0.3 is 0 Å². The van der Waals surface area contributed by atoms with Gasteiger partial charge in [-0.3, -0.25) is 4.90 Å². The average molecular weight is 338 g/mol. The SMILES string of the molecule is CCc1cc(N2CC3OCCN(Cc4ccccc4)C3C2)nc(C)n1. The predicted octanol–water partition coefficient (Wildman–Crippen LogP) is 2.44. The number of nitrogens with zero attached hydrogens (tertiary/aromatic N) is 4. The molecule has 3 heterocycles. The zero-order valence-corrected chi connectivity index (χ0v) is 15.1. The Balaban J connectivity index is 1.51. The van der Waals surface area contributed by atoms with Crippen LogP contribution in [0.15, 0.2) is 36.4 Å². The highest BCUT2D eigenvalue weighted by Crippen LogP contribution is 2.28. The Kier molecular flexibility index (Phi) is 4.68. The molecule has 5 heteroatoms. The Morgan fingerprint density at radius 2 is 2.00 bits per heavy atom. The molecule has 2 aliphatic heterocycles. The number of rotatable bonds is 4. The van der Waals surface area contributed by atoms with Crippen molar-refractivity contribution in [2.24, 2.45) is 0 Å². The van der Waals surface area contributed by atoms with E-state index in [1.165, 1.54) is 5.56 Å². The van der Waals surface area contributed by atoms with E-state index in [9.17, 15) is 0 Å². The van der Waals surface area contributed by atoms with Gasteiger partial charge in [0.25, 0.3) is 0 Å². The highest BCUT2D eigenvalue weighted by atomic mass is 16.5. The number of anilines is 1. The van der Waals surface area contributed by atoms with Gasteiger partial charge in [-0.2, -0.15) is 0 Å². The lowest BCUT2D eigenvalue weighted by atomic mass is 10.1. The second-order valence-electron chi connectivity index (χ2n) is 6.96. The lowest BCUT2D eigenvalue weighted by Crippen LogP contribution is -2.50. The molecule has 0 amide bonds. The minimum Gasteiger partial charge on any atom is -0.373 e. The third-order valence-electron chi connectivity index (χ3n) is 5.21. The maximum Gasteiger partial charge on any atom is 0.132 e. The maximum atomic E-state index is 6.08. The summed E-state index contributed by atoms with van der Waals surface area (Å²) in [5, 5.41) is 0. The molecule has 2 aliphatic rings. The van der Waals surface area contributed by atoms with Crippen molar-refractivity contribution in [3.05, 3.63) is 53.5 Å². The van der Waals surface area contributed by atoms with Crippen molar-refractivity contribution in [3.8, 4) is 0 Å². The van der Waals surface area contributed by atoms with E-state index in [1.54, 1.807) is 0 Å². The van der Waals surface area contributed by atoms with Gasteiger partial charge in [-0.15, -0.1) is 0 Å². The number of morpholine rings is 1. The lowest BCUT2D eigenvalue weighted by Gasteiger charge is -2.36. The summed E-state index contributed by atoms with van der Waals surface area (Å²) >= 11 is 0. The Morgan fingerprint density at radius 1 is 1.16 bits per heavy atom. The fraction of sp³-hybridized carbons (Fsp3) is 0.500. The molecule has 2 unspecified atom stereocenters. The third-order valence-corrected chi connectivity index (χ3v) is 5.21. The Bertz CT molecular complexity index is 721. The number of ether oxygens (including phenoxy) is 1. The van der Waals surface area contributed by atoms with Crippen LogP contribution < -0.4 is 4.90 Å². The van der Waals surface area contributed by atoms with E-state index in [0.717, 1.165) is 56.5 Å². The minimum absolute atomic E-state index is 0.262. The first-order valence-electron chi connectivity index (χ1n) is 9.22. The van der Waals surface area contributed by atoms with Crippen LogP contribution >= 0.6 is 0 Å². The number of hydrogen-bond acceptors (Lipinski definition) is 5. The van der Waals surface area contributed by atoms with Gasteiger partial charge in [0.2, 0.25) is 0 Å². The number of aryl methyl sites for hydroxylation is 2. The summed E-state index contributed by atoms with van der Waals surface area (Å²) in [4.78, 5) is 14.1. The number of aromatic nitrogens is 2. The van der Waals surface area contributed by atoms with Crippen LogP contribution in [-0.4, -0.2) is 53.3 Å². The fourth-order valence-electron chi connectivity index (χ4n) is 3.91. The predicted molar refractivity (Wildman–Crippen MR) is 98.7 cm³/mol. The van der Waals surface area contributed by atoms with Gasteiger partial charge in [0.1, 0.15) is 11.6 Å². The molecule has 0 bridgehead atoms. The quantitative estimate of drug-likeness (QED) is 0.856. The molecule has 132 valence electrons. The molecule has 5 nitrogen and oxygen atoms in total. The summed E-state index contributed by atoms with van der Waals surface area (Å²) in [7, 11) is 0. The van der Waals surface area contributed by atoms with E-state index < -0.39 is 0 Å². The molecular weight excluding hydrogens is 312 g/mol. The highest BCUT2D eigenvalue weighted by molar-refractivity contribution is 5.42. The summed E-state index contributed by atoms with van der Waals surface area (Å²) in [6.07, 6.45) is 1.20. The summed E-state index contributed by atoms with van der Waals surface area (Å²) in [5.74, 6) is 1.90. The van der Waals surface area contributed by atoms with Gasteiger partial charge < -0.3 is 9.64 Å². The van der Waals surface area contributed by atoms with Crippen molar-refractivity contribution in [2.75, 3.05) is 31.1 Å². The van der Waals surface area contributed by atoms with Crippen LogP contribution in [0.5, 0.6) is 0 Å². The zero-order chi connectivity index (χ0) is 17.2. The number of hydrogen-bond donors (Lipinski definition) is 0. The van der Waals surface area contributed by atoms with Crippen LogP contribution in [0, 0.1) is 6.92 Å². The summed E-state index contributed by atoms with van der Waals surface area (Å²) in [6.45, 7) is 8.79. The van der Waals surface area contributed by atoms with Crippen molar-refractivity contribution >= 4 is 5.82 Å². The van der Waals surface area contributed by atoms with E-state index in [1.807, 2.05) is 6.92 Å². The van der Waals surface area contributed by atoms with E-state index >= 15 is 0 Å². The first kappa shape index (κ1) is 16.5. The van der Waals surface area contributed by atoms with Gasteiger partial charge in [0.05, 0.1) is 18.8 Å². The van der Waals surface area contributed by atoms with Crippen LogP contribution in [0.2, 0.25) is 0 Å². The van der Waals surface area contributed by atoms with Crippen molar-refractivity contribution in [1.82, 2.24) is 14.9 Å². The van der Waals surface area contributed by atoms with Crippen LogP contribution in [-0.2, 0) is 17.7 Å². The second kappa shape index (κ2) is 7.10. The monoisotopic (exact) mass is 338 g/mol. The molecule has 2 aromatic rings. The molecule has 1 aromatic carbocycles. The smallest absolute Gasteiger partial charge is 0.132 e. The Hall–Kier alpha value is -1.98. The summed E-state index contributed by atoms with van der Waals surface area (Å²) < 4.78 is 6.08. The first-order valence-corrected chi connectivity index (χ1v) is 9.22. The number of benzene rings is 1. The van der Waals surface area contributed by atoms with Gasteiger partial charge in [-0.25, -0.2) is 9.97 Å². The molecule has 0 radical (unpaired) electrons. The van der Waals surface area contributed by atoms with Gasteiger partial charge in [-0.05, 0) is 18.9 Å². The number of fused-ring (bicyclic) bond motifs is 1. The molecular formula is C20H26N4O. The normalized spacial score (nSPS) is 23.7. The fourth-order valence-corrected chi connectivity index (χ4v) is 3.91. The van der Waals surface area contributed by atoms with Crippen LogP contribution in [0.4, 0.5) is 5.82 Å². The summed E-state index contributed by atoms with van der Waals surface area (Å²) in [6, 6.07) is 13.3. The molecule has 4 rings (SSSR count). The van der Waals surface area contributed by atoms with E-state index in [0.29, 0.717) is 6.04 Å². The van der Waals surface area contributed by atoms with E-state index in [2.05, 4.69) is 63.1 Å². The molecule has 25 heavy (non-hydrogen) atoms. The summed E-state index contributed by atoms with van der Waals surface area (Å²) in [5.41, 5.74) is 2.48. The zero-order valence-electron chi connectivity index (χ0n) is 15.1. The van der Waals surface area contributed by atoms with Crippen molar-refractivity contribution in [1.29, 1.82) is 0 Å². The standard InChI is InChI=1S/C20H26N4O/c1-3-17-11-20(22-15(2)21-17)24-13-18-19(14-24)25-10-9-23(18)12-16-7-5-4-6-8-16/h4-8,11,18-19H,3,9-10,12-14H2,1-2H3. The van der Waals surface area contributed by atoms with Crippen LogP contribution in [0.3, 0.4) is 0 Å². The third kappa shape index (κ3) is 3.53. The molecule has 0 aliphatic carbocycles. The van der Waals surface area contributed by atoms with Gasteiger partial charge in [0, 0.05) is 37.9 Å². The van der Waals surface area contributed by atoms with Crippen molar-refractivity contribution in [2.45, 2.75) is 39.0 Å². The maximum absolute atomic E-state index is 6.08.